The van der Waals surface area contributed by atoms with Gasteiger partial charge in [-0.1, -0.05) is 13.8 Å². The molecule has 0 aromatic heterocycles. The van der Waals surface area contributed by atoms with Crippen LogP contribution in [0.15, 0.2) is 0 Å². The lowest BCUT2D eigenvalue weighted by Crippen LogP contribution is -2.38. The molecule has 0 saturated heterocycles. The van der Waals surface area contributed by atoms with Gasteiger partial charge in [-0.25, -0.2) is 13.2 Å². The summed E-state index contributed by atoms with van der Waals surface area (Å²) in [5.74, 6) is 0.0297. The number of carbonyl (C=O) groups is 1. The van der Waals surface area contributed by atoms with Crippen molar-refractivity contribution in [1.29, 1.82) is 0 Å². The maximum atomic E-state index is 11.2. The molecule has 0 aromatic carbocycles. The largest absolute Gasteiger partial charge is 0.447 e. The van der Waals surface area contributed by atoms with E-state index in [9.17, 15) is 13.2 Å². The van der Waals surface area contributed by atoms with Crippen LogP contribution in [-0.2, 0) is 14.6 Å². The van der Waals surface area contributed by atoms with Crippen molar-refractivity contribution in [1.82, 2.24) is 5.32 Å². The van der Waals surface area contributed by atoms with E-state index in [0.717, 1.165) is 0 Å². The van der Waals surface area contributed by atoms with E-state index in [4.69, 9.17) is 4.74 Å². The van der Waals surface area contributed by atoms with Gasteiger partial charge in [0.1, 0.15) is 9.84 Å². The first-order valence-corrected chi connectivity index (χ1v) is 7.20. The fourth-order valence-corrected chi connectivity index (χ4v) is 2.85. The molecule has 0 saturated carbocycles. The molecule has 96 valence electrons. The van der Waals surface area contributed by atoms with E-state index >= 15 is 0 Å². The van der Waals surface area contributed by atoms with E-state index in [-0.39, 0.29) is 18.4 Å². The predicted octanol–water partition coefficient (Wildman–Crippen LogP) is 1.19. The number of nitrogens with one attached hydrogen (secondary N) is 1. The number of hydrogen-bond acceptors (Lipinski definition) is 4. The Morgan fingerprint density at radius 2 is 1.88 bits per heavy atom. The molecule has 0 spiro atoms. The van der Waals surface area contributed by atoms with Crippen LogP contribution in [0.4, 0.5) is 4.79 Å². The van der Waals surface area contributed by atoms with Crippen LogP contribution < -0.4 is 5.32 Å². The topological polar surface area (TPSA) is 72.5 Å². The summed E-state index contributed by atoms with van der Waals surface area (Å²) in [6, 6.07) is 0. The van der Waals surface area contributed by atoms with Crippen molar-refractivity contribution in [2.45, 2.75) is 33.8 Å². The minimum atomic E-state index is -3.04. The Labute approximate surface area is 97.5 Å². The van der Waals surface area contributed by atoms with Crippen molar-refractivity contribution in [2.24, 2.45) is 5.41 Å². The zero-order chi connectivity index (χ0) is 13.0. The molecule has 6 heteroatoms. The number of ether oxygens (including phenoxy) is 1. The van der Waals surface area contributed by atoms with E-state index in [1.807, 2.05) is 0 Å². The highest BCUT2D eigenvalue weighted by atomic mass is 32.2. The van der Waals surface area contributed by atoms with E-state index in [1.54, 1.807) is 27.7 Å². The zero-order valence-corrected chi connectivity index (χ0v) is 11.3. The molecule has 0 aliphatic heterocycles. The monoisotopic (exact) mass is 251 g/mol. The molecule has 0 aliphatic carbocycles. The summed E-state index contributed by atoms with van der Waals surface area (Å²) in [6.45, 7) is 7.33. The highest BCUT2D eigenvalue weighted by molar-refractivity contribution is 7.90. The normalized spacial score (nSPS) is 12.6. The Bertz CT molecular complexity index is 333. The third-order valence-electron chi connectivity index (χ3n) is 1.71. The average molecular weight is 251 g/mol. The Morgan fingerprint density at radius 1 is 1.38 bits per heavy atom. The molecule has 0 heterocycles. The van der Waals surface area contributed by atoms with Crippen molar-refractivity contribution in [3.63, 3.8) is 0 Å². The Balaban J connectivity index is 4.14. The molecule has 0 fully saturated rings. The Kier molecular flexibility index (Phi) is 5.25. The lowest BCUT2D eigenvalue weighted by atomic mass is 9.97. The Hall–Kier alpha value is -0.780. The molecule has 0 aromatic rings. The van der Waals surface area contributed by atoms with Gasteiger partial charge in [-0.05, 0) is 19.3 Å². The second kappa shape index (κ2) is 5.52. The average Bonchev–Trinajstić information content (AvgIpc) is 1.95. The maximum absolute atomic E-state index is 11.2. The van der Waals surface area contributed by atoms with Crippen LogP contribution >= 0.6 is 0 Å². The van der Waals surface area contributed by atoms with Gasteiger partial charge in [0.05, 0.1) is 11.9 Å². The van der Waals surface area contributed by atoms with Crippen LogP contribution in [-0.4, -0.2) is 39.2 Å². The summed E-state index contributed by atoms with van der Waals surface area (Å²) in [5.41, 5.74) is -0.496. The maximum Gasteiger partial charge on any atom is 0.407 e. The van der Waals surface area contributed by atoms with E-state index in [0.29, 0.717) is 0 Å². The van der Waals surface area contributed by atoms with Gasteiger partial charge in [0.2, 0.25) is 0 Å². The third-order valence-corrected chi connectivity index (χ3v) is 3.01. The van der Waals surface area contributed by atoms with Gasteiger partial charge in [0.15, 0.2) is 0 Å². The van der Waals surface area contributed by atoms with E-state index < -0.39 is 21.3 Å². The molecule has 0 rings (SSSR count). The molecular weight excluding hydrogens is 230 g/mol. The summed E-state index contributed by atoms with van der Waals surface area (Å²) >= 11 is 0. The smallest absolute Gasteiger partial charge is 0.407 e. The van der Waals surface area contributed by atoms with Crippen LogP contribution in [0.3, 0.4) is 0 Å². The molecule has 0 aliphatic rings. The molecule has 5 nitrogen and oxygen atoms in total. The summed E-state index contributed by atoms with van der Waals surface area (Å²) in [5, 5.41) is 2.55. The van der Waals surface area contributed by atoms with Gasteiger partial charge in [-0.15, -0.1) is 0 Å². The van der Waals surface area contributed by atoms with Gasteiger partial charge in [0.25, 0.3) is 0 Å². The van der Waals surface area contributed by atoms with Crippen molar-refractivity contribution in [3.05, 3.63) is 0 Å². The van der Waals surface area contributed by atoms with Crippen molar-refractivity contribution >= 4 is 15.9 Å². The van der Waals surface area contributed by atoms with Crippen LogP contribution in [0.2, 0.25) is 0 Å². The molecule has 16 heavy (non-hydrogen) atoms. The minimum Gasteiger partial charge on any atom is -0.447 e. The number of sulfone groups is 1. The SMILES string of the molecule is CC(C)OC(=O)NCC(C)(C)CS(C)(=O)=O. The van der Waals surface area contributed by atoms with Gasteiger partial charge in [-0.3, -0.25) is 0 Å². The second-order valence-electron chi connectivity index (χ2n) is 5.04. The molecule has 1 amide bonds. The molecule has 1 N–H and O–H groups in total. The number of amides is 1. The van der Waals surface area contributed by atoms with Crippen LogP contribution in [0.1, 0.15) is 27.7 Å². The molecule has 0 unspecified atom stereocenters. The third kappa shape index (κ3) is 8.52. The summed E-state index contributed by atoms with van der Waals surface area (Å²) in [7, 11) is -3.04. The van der Waals surface area contributed by atoms with Crippen LogP contribution in [0.5, 0.6) is 0 Å². The first-order valence-electron chi connectivity index (χ1n) is 5.14. The first-order chi connectivity index (χ1) is 7.02. The van der Waals surface area contributed by atoms with Gasteiger partial charge < -0.3 is 10.1 Å². The van der Waals surface area contributed by atoms with Crippen molar-refractivity contribution in [3.8, 4) is 0 Å². The van der Waals surface area contributed by atoms with Gasteiger partial charge in [0, 0.05) is 12.8 Å². The summed E-state index contributed by atoms with van der Waals surface area (Å²) in [4.78, 5) is 11.2. The minimum absolute atomic E-state index is 0.0297. The van der Waals surface area contributed by atoms with Gasteiger partial charge in [-0.2, -0.15) is 0 Å². The number of rotatable bonds is 5. The fraction of sp³-hybridized carbons (Fsp3) is 0.900. The predicted molar refractivity (Wildman–Crippen MR) is 63.1 cm³/mol. The highest BCUT2D eigenvalue weighted by Crippen LogP contribution is 2.16. The van der Waals surface area contributed by atoms with Crippen LogP contribution in [0.25, 0.3) is 0 Å². The number of alkyl carbamates (subject to hydrolysis) is 1. The molecule has 0 atom stereocenters. The molecule has 0 radical (unpaired) electrons. The number of carbonyl (C=O) groups excluding carboxylic acids is 1. The molecule has 0 bridgehead atoms. The van der Waals surface area contributed by atoms with Crippen LogP contribution in [0, 0.1) is 5.41 Å². The summed E-state index contributed by atoms with van der Waals surface area (Å²) < 4.78 is 27.1. The van der Waals surface area contributed by atoms with Crippen molar-refractivity contribution < 1.29 is 17.9 Å². The second-order valence-corrected chi connectivity index (χ2v) is 7.18. The summed E-state index contributed by atoms with van der Waals surface area (Å²) in [6.07, 6.45) is 0.482. The van der Waals surface area contributed by atoms with E-state index in [2.05, 4.69) is 5.32 Å². The quantitative estimate of drug-likeness (QED) is 0.796. The molecular formula is C10H21NO4S. The number of hydrogen-bond donors (Lipinski definition) is 1. The first kappa shape index (κ1) is 15.2. The van der Waals surface area contributed by atoms with E-state index in [1.165, 1.54) is 6.26 Å². The Morgan fingerprint density at radius 3 is 2.25 bits per heavy atom. The van der Waals surface area contributed by atoms with Crippen molar-refractivity contribution in [2.75, 3.05) is 18.6 Å². The fourth-order valence-electron chi connectivity index (χ4n) is 1.33. The standard InChI is InChI=1S/C10H21NO4S/c1-8(2)15-9(12)11-6-10(3,4)7-16(5,13)14/h8H,6-7H2,1-5H3,(H,11,12). The zero-order valence-electron chi connectivity index (χ0n) is 10.5. The lowest BCUT2D eigenvalue weighted by Gasteiger charge is -2.23. The highest BCUT2D eigenvalue weighted by Gasteiger charge is 2.24. The van der Waals surface area contributed by atoms with Gasteiger partial charge >= 0.3 is 6.09 Å². The lowest BCUT2D eigenvalue weighted by molar-refractivity contribution is 0.112.